The van der Waals surface area contributed by atoms with Gasteiger partial charge >= 0.3 is 6.36 Å². The summed E-state index contributed by atoms with van der Waals surface area (Å²) in [5.41, 5.74) is 0.450. The van der Waals surface area contributed by atoms with E-state index in [0.717, 1.165) is 0 Å². The normalized spacial score (nSPS) is 13.1. The van der Waals surface area contributed by atoms with Crippen LogP contribution in [-0.4, -0.2) is 54.7 Å². The Bertz CT molecular complexity index is 785. The molecule has 11 heteroatoms. The lowest BCUT2D eigenvalue weighted by molar-refractivity contribution is -0.274. The number of tetrazole rings is 1. The molecule has 2 aromatic rings. The summed E-state index contributed by atoms with van der Waals surface area (Å²) in [6.45, 7) is 9.56. The molecular formula is C17H22F3N5O2S. The Balaban J connectivity index is 2.16. The van der Waals surface area contributed by atoms with Crippen LogP contribution in [0.1, 0.15) is 34.6 Å². The Morgan fingerprint density at radius 2 is 1.68 bits per heavy atom. The van der Waals surface area contributed by atoms with E-state index in [2.05, 4.69) is 20.3 Å². The van der Waals surface area contributed by atoms with Gasteiger partial charge in [-0.1, -0.05) is 11.8 Å². The van der Waals surface area contributed by atoms with Crippen LogP contribution in [0.3, 0.4) is 0 Å². The number of carbonyl (C=O) groups is 1. The van der Waals surface area contributed by atoms with E-state index in [9.17, 15) is 18.0 Å². The second-order valence-electron chi connectivity index (χ2n) is 6.61. The summed E-state index contributed by atoms with van der Waals surface area (Å²) in [6, 6.07) is 5.25. The summed E-state index contributed by atoms with van der Waals surface area (Å²) < 4.78 is 42.1. The maximum atomic E-state index is 12.8. The highest BCUT2D eigenvalue weighted by atomic mass is 32.2. The second kappa shape index (κ2) is 8.80. The second-order valence-corrected chi connectivity index (χ2v) is 7.92. The van der Waals surface area contributed by atoms with Crippen molar-refractivity contribution in [2.24, 2.45) is 0 Å². The fraction of sp³-hybridized carbons (Fsp3) is 0.529. The van der Waals surface area contributed by atoms with Crippen molar-refractivity contribution in [2.45, 2.75) is 63.5 Å². The van der Waals surface area contributed by atoms with Gasteiger partial charge in [0.1, 0.15) is 5.75 Å². The molecule has 7 nitrogen and oxygen atoms in total. The minimum Gasteiger partial charge on any atom is -0.406 e. The molecular weight excluding hydrogens is 395 g/mol. The number of ether oxygens (including phenoxy) is 1. The predicted molar refractivity (Wildman–Crippen MR) is 98.3 cm³/mol. The number of carbonyl (C=O) groups excluding carboxylic acids is 1. The number of rotatable bonds is 7. The third-order valence-electron chi connectivity index (χ3n) is 3.75. The van der Waals surface area contributed by atoms with Crippen LogP contribution in [0.15, 0.2) is 29.4 Å². The number of aromatic nitrogens is 4. The topological polar surface area (TPSA) is 73.1 Å². The quantitative estimate of drug-likeness (QED) is 0.640. The Hall–Kier alpha value is -2.30. The van der Waals surface area contributed by atoms with Gasteiger partial charge in [0.05, 0.1) is 10.9 Å². The maximum Gasteiger partial charge on any atom is 0.573 e. The van der Waals surface area contributed by atoms with Gasteiger partial charge in [-0.05, 0) is 69.3 Å². The summed E-state index contributed by atoms with van der Waals surface area (Å²) in [6.07, 6.45) is -4.76. The van der Waals surface area contributed by atoms with E-state index in [4.69, 9.17) is 0 Å². The van der Waals surface area contributed by atoms with Gasteiger partial charge in [0.15, 0.2) is 0 Å². The first-order chi connectivity index (χ1) is 13.0. The molecule has 1 aromatic carbocycles. The van der Waals surface area contributed by atoms with Crippen molar-refractivity contribution in [1.29, 1.82) is 0 Å². The highest BCUT2D eigenvalue weighted by Gasteiger charge is 2.31. The number of alkyl halides is 3. The molecule has 28 heavy (non-hydrogen) atoms. The molecule has 0 N–H and O–H groups in total. The summed E-state index contributed by atoms with van der Waals surface area (Å²) >= 11 is 1.18. The van der Waals surface area contributed by atoms with Gasteiger partial charge in [-0.2, -0.15) is 4.68 Å². The van der Waals surface area contributed by atoms with Crippen LogP contribution in [-0.2, 0) is 4.79 Å². The number of hydrogen-bond donors (Lipinski definition) is 0. The average molecular weight is 417 g/mol. The highest BCUT2D eigenvalue weighted by molar-refractivity contribution is 8.00. The van der Waals surface area contributed by atoms with E-state index >= 15 is 0 Å². The van der Waals surface area contributed by atoms with Gasteiger partial charge in [0.25, 0.3) is 0 Å². The zero-order chi connectivity index (χ0) is 21.1. The number of benzene rings is 1. The molecule has 0 spiro atoms. The molecule has 0 fully saturated rings. The number of nitrogens with zero attached hydrogens (tertiary/aromatic N) is 5. The summed E-state index contributed by atoms with van der Waals surface area (Å²) in [7, 11) is 0. The SMILES string of the molecule is CC(C)N(C(=O)[C@H](C)Sc1nnnn1-c1ccc(OC(F)(F)F)cc1)C(C)C. The van der Waals surface area contributed by atoms with Gasteiger partial charge < -0.3 is 9.64 Å². The maximum absolute atomic E-state index is 12.8. The number of hydrogen-bond acceptors (Lipinski definition) is 6. The largest absolute Gasteiger partial charge is 0.573 e. The molecule has 2 rings (SSSR count). The molecule has 1 atom stereocenters. The molecule has 1 aromatic heterocycles. The molecule has 0 radical (unpaired) electrons. The fourth-order valence-electron chi connectivity index (χ4n) is 2.73. The Kier molecular flexibility index (Phi) is 6.91. The highest BCUT2D eigenvalue weighted by Crippen LogP contribution is 2.27. The van der Waals surface area contributed by atoms with Gasteiger partial charge in [0, 0.05) is 12.1 Å². The van der Waals surface area contributed by atoms with Crippen LogP contribution in [0.4, 0.5) is 13.2 Å². The molecule has 0 aliphatic heterocycles. The molecule has 0 saturated heterocycles. The van der Waals surface area contributed by atoms with E-state index in [0.29, 0.717) is 10.8 Å². The van der Waals surface area contributed by atoms with Crippen molar-refractivity contribution in [3.8, 4) is 11.4 Å². The van der Waals surface area contributed by atoms with E-state index in [-0.39, 0.29) is 23.7 Å². The van der Waals surface area contributed by atoms with Crippen LogP contribution >= 0.6 is 11.8 Å². The van der Waals surface area contributed by atoms with Crippen molar-refractivity contribution in [1.82, 2.24) is 25.1 Å². The zero-order valence-electron chi connectivity index (χ0n) is 16.1. The van der Waals surface area contributed by atoms with E-state index in [1.165, 1.54) is 40.7 Å². The lowest BCUT2D eigenvalue weighted by Gasteiger charge is -2.32. The predicted octanol–water partition coefficient (Wildman–Crippen LogP) is 3.69. The first-order valence-corrected chi connectivity index (χ1v) is 9.51. The molecule has 0 bridgehead atoms. The zero-order valence-corrected chi connectivity index (χ0v) is 17.0. The monoisotopic (exact) mass is 417 g/mol. The molecule has 1 amide bonds. The Morgan fingerprint density at radius 3 is 2.18 bits per heavy atom. The molecule has 0 saturated carbocycles. The molecule has 0 aliphatic carbocycles. The van der Waals surface area contributed by atoms with E-state index in [1.54, 1.807) is 11.8 Å². The Morgan fingerprint density at radius 1 is 1.11 bits per heavy atom. The average Bonchev–Trinajstić information content (AvgIpc) is 3.01. The Labute approximate surface area is 165 Å². The standard InChI is InChI=1S/C17H22F3N5O2S/c1-10(2)24(11(3)4)15(26)12(5)28-16-21-22-23-25(16)13-6-8-14(9-7-13)27-17(18,19)20/h6-12H,1-5H3/t12-/m0/s1. The lowest BCUT2D eigenvalue weighted by atomic mass is 10.2. The van der Waals surface area contributed by atoms with Crippen LogP contribution in [0, 0.1) is 0 Å². The summed E-state index contributed by atoms with van der Waals surface area (Å²) in [5, 5.41) is 11.3. The summed E-state index contributed by atoms with van der Waals surface area (Å²) in [5.74, 6) is -0.384. The van der Waals surface area contributed by atoms with Crippen LogP contribution in [0.5, 0.6) is 5.75 Å². The van der Waals surface area contributed by atoms with Crippen molar-refractivity contribution in [2.75, 3.05) is 0 Å². The van der Waals surface area contributed by atoms with Crippen molar-refractivity contribution < 1.29 is 22.7 Å². The number of amides is 1. The van der Waals surface area contributed by atoms with Gasteiger partial charge in [-0.25, -0.2) is 0 Å². The number of halogens is 3. The molecule has 1 heterocycles. The third kappa shape index (κ3) is 5.60. The van der Waals surface area contributed by atoms with Crippen molar-refractivity contribution in [3.05, 3.63) is 24.3 Å². The lowest BCUT2D eigenvalue weighted by Crippen LogP contribution is -2.45. The van der Waals surface area contributed by atoms with Gasteiger partial charge in [-0.3, -0.25) is 4.79 Å². The van der Waals surface area contributed by atoms with E-state index < -0.39 is 11.6 Å². The minimum atomic E-state index is -4.76. The van der Waals surface area contributed by atoms with E-state index in [1.807, 2.05) is 27.7 Å². The van der Waals surface area contributed by atoms with Gasteiger partial charge in [-0.15, -0.1) is 18.3 Å². The first-order valence-electron chi connectivity index (χ1n) is 8.63. The van der Waals surface area contributed by atoms with Crippen LogP contribution < -0.4 is 4.74 Å². The molecule has 0 unspecified atom stereocenters. The van der Waals surface area contributed by atoms with Crippen LogP contribution in [0.25, 0.3) is 5.69 Å². The van der Waals surface area contributed by atoms with Crippen molar-refractivity contribution >= 4 is 17.7 Å². The van der Waals surface area contributed by atoms with Gasteiger partial charge in [0.2, 0.25) is 11.1 Å². The molecule has 154 valence electrons. The smallest absolute Gasteiger partial charge is 0.406 e. The first kappa shape index (κ1) is 22.0. The number of thioether (sulfide) groups is 1. The molecule has 0 aliphatic rings. The minimum absolute atomic E-state index is 0.0431. The third-order valence-corrected chi connectivity index (χ3v) is 4.77. The van der Waals surface area contributed by atoms with Crippen molar-refractivity contribution in [3.63, 3.8) is 0 Å². The summed E-state index contributed by atoms with van der Waals surface area (Å²) in [4.78, 5) is 14.6. The fourth-order valence-corrected chi connectivity index (χ4v) is 3.59. The van der Waals surface area contributed by atoms with Crippen LogP contribution in [0.2, 0.25) is 0 Å².